The highest BCUT2D eigenvalue weighted by atomic mass is 35.5. The summed E-state index contributed by atoms with van der Waals surface area (Å²) >= 11 is 0. The first kappa shape index (κ1) is 20.7. The summed E-state index contributed by atoms with van der Waals surface area (Å²) in [6, 6.07) is 0.738. The molecular formula is C20H35ClN4O2. The van der Waals surface area contributed by atoms with Crippen molar-refractivity contribution < 1.29 is 9.59 Å². The molecule has 154 valence electrons. The van der Waals surface area contributed by atoms with E-state index in [-0.39, 0.29) is 30.3 Å². The molecule has 3 heterocycles. The lowest BCUT2D eigenvalue weighted by Crippen LogP contribution is -2.52. The smallest absolute Gasteiger partial charge is 0.320 e. The Hall–Kier alpha value is -1.01. The van der Waals surface area contributed by atoms with Crippen molar-refractivity contribution in [2.75, 3.05) is 45.8 Å². The summed E-state index contributed by atoms with van der Waals surface area (Å²) in [5.41, 5.74) is 0. The molecule has 4 aliphatic rings. The number of carbonyl (C=O) groups excluding carboxylic acids is 2. The van der Waals surface area contributed by atoms with Crippen molar-refractivity contribution in [3.63, 3.8) is 0 Å². The second-order valence-corrected chi connectivity index (χ2v) is 8.71. The lowest BCUT2D eigenvalue weighted by molar-refractivity contribution is -0.138. The van der Waals surface area contributed by atoms with Gasteiger partial charge in [-0.1, -0.05) is 0 Å². The second-order valence-electron chi connectivity index (χ2n) is 8.71. The Morgan fingerprint density at radius 2 is 1.44 bits per heavy atom. The maximum absolute atomic E-state index is 13.0. The van der Waals surface area contributed by atoms with Gasteiger partial charge in [0.05, 0.1) is 5.92 Å². The Morgan fingerprint density at radius 1 is 0.778 bits per heavy atom. The number of likely N-dealkylation sites (tertiary alicyclic amines) is 3. The lowest BCUT2D eigenvalue weighted by atomic mass is 9.95. The number of amides is 3. The summed E-state index contributed by atoms with van der Waals surface area (Å²) in [5, 5.41) is 3.68. The fourth-order valence-corrected chi connectivity index (χ4v) is 4.68. The highest BCUT2D eigenvalue weighted by Gasteiger charge is 2.34. The average molecular weight is 399 g/mol. The molecule has 6 nitrogen and oxygen atoms in total. The fraction of sp³-hybridized carbons (Fsp3) is 0.900. The fourth-order valence-electron chi connectivity index (χ4n) is 4.68. The highest BCUT2D eigenvalue weighted by molar-refractivity contribution is 5.85. The van der Waals surface area contributed by atoms with Gasteiger partial charge in [-0.15, -0.1) is 12.4 Å². The van der Waals surface area contributed by atoms with Gasteiger partial charge in [-0.25, -0.2) is 4.79 Å². The Bertz CT molecular complexity index is 514. The van der Waals surface area contributed by atoms with Crippen molar-refractivity contribution in [2.24, 2.45) is 11.8 Å². The first-order valence-corrected chi connectivity index (χ1v) is 10.8. The molecule has 1 aliphatic carbocycles. The van der Waals surface area contributed by atoms with Crippen LogP contribution in [0.1, 0.15) is 51.4 Å². The number of hydrogen-bond donors (Lipinski definition) is 1. The van der Waals surface area contributed by atoms with Crippen LogP contribution < -0.4 is 5.32 Å². The minimum atomic E-state index is 0. The Labute approximate surface area is 169 Å². The zero-order valence-corrected chi connectivity index (χ0v) is 17.2. The molecule has 0 aromatic carbocycles. The molecule has 3 aliphatic heterocycles. The van der Waals surface area contributed by atoms with Gasteiger partial charge in [-0.05, 0) is 63.8 Å². The molecule has 3 amide bonds. The van der Waals surface area contributed by atoms with E-state index in [1.807, 2.05) is 9.80 Å². The van der Waals surface area contributed by atoms with Gasteiger partial charge < -0.3 is 20.0 Å². The predicted molar refractivity (Wildman–Crippen MR) is 108 cm³/mol. The van der Waals surface area contributed by atoms with Crippen LogP contribution in [-0.4, -0.2) is 78.5 Å². The van der Waals surface area contributed by atoms with Gasteiger partial charge in [0.15, 0.2) is 0 Å². The molecular weight excluding hydrogens is 364 g/mol. The summed E-state index contributed by atoms with van der Waals surface area (Å²) in [5.74, 6) is 1.20. The monoisotopic (exact) mass is 398 g/mol. The van der Waals surface area contributed by atoms with Crippen molar-refractivity contribution in [3.8, 4) is 0 Å². The lowest BCUT2D eigenvalue weighted by Gasteiger charge is -2.39. The van der Waals surface area contributed by atoms with E-state index in [4.69, 9.17) is 0 Å². The quantitative estimate of drug-likeness (QED) is 0.790. The van der Waals surface area contributed by atoms with E-state index in [1.165, 1.54) is 12.8 Å². The predicted octanol–water partition coefficient (Wildman–Crippen LogP) is 2.33. The van der Waals surface area contributed by atoms with Crippen LogP contribution in [0, 0.1) is 11.8 Å². The number of nitrogens with one attached hydrogen (secondary N) is 1. The van der Waals surface area contributed by atoms with Gasteiger partial charge in [0, 0.05) is 45.3 Å². The third-order valence-corrected chi connectivity index (χ3v) is 6.62. The van der Waals surface area contributed by atoms with Crippen LogP contribution >= 0.6 is 12.4 Å². The third kappa shape index (κ3) is 5.29. The van der Waals surface area contributed by atoms with Gasteiger partial charge in [0.1, 0.15) is 0 Å². The molecule has 0 radical (unpaired) electrons. The van der Waals surface area contributed by atoms with E-state index in [0.717, 1.165) is 83.7 Å². The first-order chi connectivity index (χ1) is 12.7. The molecule has 0 aromatic heterocycles. The molecule has 1 atom stereocenters. The van der Waals surface area contributed by atoms with E-state index in [1.54, 1.807) is 0 Å². The van der Waals surface area contributed by atoms with Crippen LogP contribution in [0.25, 0.3) is 0 Å². The Kier molecular flexibility index (Phi) is 7.26. The number of carbonyl (C=O) groups is 2. The molecule has 1 N–H and O–H groups in total. The summed E-state index contributed by atoms with van der Waals surface area (Å²) < 4.78 is 0. The highest BCUT2D eigenvalue weighted by Crippen LogP contribution is 2.28. The molecule has 4 rings (SSSR count). The first-order valence-electron chi connectivity index (χ1n) is 10.8. The van der Waals surface area contributed by atoms with Crippen LogP contribution in [0.4, 0.5) is 4.79 Å². The maximum Gasteiger partial charge on any atom is 0.320 e. The SMILES string of the molecule is Cl.O=C(C1CCCN(C(=O)N2CCCC2)C1)N1CCC(NCC2CC2)CC1. The Balaban J connectivity index is 0.00000210. The van der Waals surface area contributed by atoms with Crippen molar-refractivity contribution in [1.29, 1.82) is 0 Å². The summed E-state index contributed by atoms with van der Waals surface area (Å²) in [6.45, 7) is 6.11. The zero-order chi connectivity index (χ0) is 17.9. The molecule has 7 heteroatoms. The topological polar surface area (TPSA) is 55.9 Å². The van der Waals surface area contributed by atoms with E-state index in [9.17, 15) is 9.59 Å². The van der Waals surface area contributed by atoms with Crippen LogP contribution in [0.2, 0.25) is 0 Å². The second kappa shape index (κ2) is 9.46. The minimum Gasteiger partial charge on any atom is -0.342 e. The number of nitrogens with zero attached hydrogens (tertiary/aromatic N) is 3. The van der Waals surface area contributed by atoms with Gasteiger partial charge in [-0.2, -0.15) is 0 Å². The number of rotatable bonds is 4. The van der Waals surface area contributed by atoms with Gasteiger partial charge in [0.2, 0.25) is 5.91 Å². The zero-order valence-electron chi connectivity index (χ0n) is 16.4. The Morgan fingerprint density at radius 3 is 2.11 bits per heavy atom. The van der Waals surface area contributed by atoms with Crippen LogP contribution in [0.3, 0.4) is 0 Å². The average Bonchev–Trinajstić information content (AvgIpc) is 3.36. The van der Waals surface area contributed by atoms with Crippen LogP contribution in [0.5, 0.6) is 0 Å². The molecule has 3 saturated heterocycles. The van der Waals surface area contributed by atoms with E-state index >= 15 is 0 Å². The largest absolute Gasteiger partial charge is 0.342 e. The van der Waals surface area contributed by atoms with E-state index in [0.29, 0.717) is 12.6 Å². The summed E-state index contributed by atoms with van der Waals surface area (Å²) in [6.07, 6.45) is 9.04. The van der Waals surface area contributed by atoms with E-state index < -0.39 is 0 Å². The van der Waals surface area contributed by atoms with Crippen LogP contribution in [-0.2, 0) is 4.79 Å². The molecule has 0 spiro atoms. The molecule has 0 bridgehead atoms. The van der Waals surface area contributed by atoms with Crippen molar-refractivity contribution in [2.45, 2.75) is 57.4 Å². The standard InChI is InChI=1S/C20H34N4O2.ClH/c25-19(22-12-7-18(8-13-22)21-14-16-5-6-16)17-4-3-11-24(15-17)20(26)23-9-1-2-10-23;/h16-18,21H,1-15H2;1H. The van der Waals surface area contributed by atoms with Gasteiger partial charge in [0.25, 0.3) is 0 Å². The van der Waals surface area contributed by atoms with Gasteiger partial charge in [-0.3, -0.25) is 4.79 Å². The molecule has 1 unspecified atom stereocenters. The normalized spacial score (nSPS) is 26.8. The maximum atomic E-state index is 13.0. The number of halogens is 1. The van der Waals surface area contributed by atoms with Crippen molar-refractivity contribution >= 4 is 24.3 Å². The molecule has 27 heavy (non-hydrogen) atoms. The van der Waals surface area contributed by atoms with Crippen molar-refractivity contribution in [1.82, 2.24) is 20.0 Å². The van der Waals surface area contributed by atoms with Gasteiger partial charge >= 0.3 is 6.03 Å². The number of piperidine rings is 2. The van der Waals surface area contributed by atoms with Crippen LogP contribution in [0.15, 0.2) is 0 Å². The van der Waals surface area contributed by atoms with E-state index in [2.05, 4.69) is 10.2 Å². The summed E-state index contributed by atoms with van der Waals surface area (Å²) in [4.78, 5) is 31.6. The summed E-state index contributed by atoms with van der Waals surface area (Å²) in [7, 11) is 0. The molecule has 4 fully saturated rings. The third-order valence-electron chi connectivity index (χ3n) is 6.62. The minimum absolute atomic E-state index is 0. The number of urea groups is 1. The molecule has 1 saturated carbocycles. The van der Waals surface area contributed by atoms with Crippen molar-refractivity contribution in [3.05, 3.63) is 0 Å². The molecule has 0 aromatic rings. The number of hydrogen-bond acceptors (Lipinski definition) is 3.